The first-order chi connectivity index (χ1) is 22.8. The van der Waals surface area contributed by atoms with Crippen LogP contribution in [0.5, 0.6) is 0 Å². The van der Waals surface area contributed by atoms with E-state index in [4.69, 9.17) is 9.47 Å². The van der Waals surface area contributed by atoms with Gasteiger partial charge in [-0.15, -0.1) is 10.2 Å². The number of hydrogen-bond donors (Lipinski definition) is 1. The number of nitrogens with zero attached hydrogens (tertiary/aromatic N) is 6. The number of nitro groups is 1. The number of carbonyl (C=O) groups excluding carboxylic acids is 1. The summed E-state index contributed by atoms with van der Waals surface area (Å²) >= 11 is 0. The fourth-order valence-corrected chi connectivity index (χ4v) is 6.79. The maximum atomic E-state index is 13.2. The number of allylic oxidation sites excluding steroid dienone is 3. The average molecular weight is 636 g/mol. The van der Waals surface area contributed by atoms with Crippen LogP contribution in [0.25, 0.3) is 5.57 Å². The van der Waals surface area contributed by atoms with E-state index in [1.54, 1.807) is 32.2 Å². The molecule has 6 rings (SSSR count). The van der Waals surface area contributed by atoms with Gasteiger partial charge < -0.3 is 14.8 Å². The smallest absolute Gasteiger partial charge is 0.433 e. The van der Waals surface area contributed by atoms with Crippen molar-refractivity contribution in [3.05, 3.63) is 135 Å². The van der Waals surface area contributed by atoms with Crippen LogP contribution >= 0.6 is 0 Å². The number of piperidine rings is 1. The summed E-state index contributed by atoms with van der Waals surface area (Å²) in [7, 11) is 1.63. The minimum absolute atomic E-state index is 0.0762. The molecule has 0 bridgehead atoms. The first-order valence-corrected chi connectivity index (χ1v) is 15.6. The molecule has 0 radical (unpaired) electrons. The number of benzene rings is 3. The van der Waals surface area contributed by atoms with Gasteiger partial charge in [0.25, 0.3) is 5.69 Å². The Hall–Kier alpha value is -5.36. The van der Waals surface area contributed by atoms with Gasteiger partial charge in [0.1, 0.15) is 12.4 Å². The molecule has 2 aliphatic rings. The predicted octanol–water partition coefficient (Wildman–Crippen LogP) is 5.70. The number of rotatable bonds is 9. The lowest BCUT2D eigenvalue weighted by Gasteiger charge is -2.43. The van der Waals surface area contributed by atoms with E-state index in [-0.39, 0.29) is 29.3 Å². The second-order valence-corrected chi connectivity index (χ2v) is 11.9. The Kier molecular flexibility index (Phi) is 9.12. The van der Waals surface area contributed by atoms with Gasteiger partial charge in [-0.25, -0.2) is 4.79 Å². The molecule has 4 aromatic rings. The van der Waals surface area contributed by atoms with Gasteiger partial charge in [-0.3, -0.25) is 15.0 Å². The highest BCUT2D eigenvalue weighted by Gasteiger charge is 2.40. The fourth-order valence-electron chi connectivity index (χ4n) is 6.79. The first kappa shape index (κ1) is 31.6. The molecule has 1 aromatic heterocycles. The molecule has 0 aliphatic carbocycles. The Bertz CT molecular complexity index is 1770. The van der Waals surface area contributed by atoms with Crippen molar-refractivity contribution in [1.82, 2.24) is 30.4 Å². The van der Waals surface area contributed by atoms with Crippen LogP contribution in [0.1, 0.15) is 55.1 Å². The molecule has 12 nitrogen and oxygen atoms in total. The molecule has 242 valence electrons. The lowest BCUT2D eigenvalue weighted by atomic mass is 9.68. The van der Waals surface area contributed by atoms with Gasteiger partial charge in [0, 0.05) is 34.9 Å². The van der Waals surface area contributed by atoms with Crippen molar-refractivity contribution in [2.75, 3.05) is 26.2 Å². The highest BCUT2D eigenvalue weighted by molar-refractivity contribution is 5.77. The summed E-state index contributed by atoms with van der Waals surface area (Å²) in [6.07, 6.45) is 0.979. The number of aryl methyl sites for hydroxylation is 1. The third kappa shape index (κ3) is 6.50. The van der Waals surface area contributed by atoms with Crippen molar-refractivity contribution in [2.45, 2.75) is 38.0 Å². The summed E-state index contributed by atoms with van der Waals surface area (Å²) in [5.74, 6) is -0.429. The topological polar surface area (TPSA) is 138 Å². The number of aromatic nitrogens is 4. The van der Waals surface area contributed by atoms with Gasteiger partial charge in [-0.2, -0.15) is 4.80 Å². The van der Waals surface area contributed by atoms with E-state index in [1.165, 1.54) is 22.0 Å². The van der Waals surface area contributed by atoms with Gasteiger partial charge in [0.15, 0.2) is 0 Å². The molecule has 1 N–H and O–H groups in total. The van der Waals surface area contributed by atoms with Crippen LogP contribution in [0.15, 0.2) is 102 Å². The van der Waals surface area contributed by atoms with E-state index in [0.717, 1.165) is 25.9 Å². The molecule has 0 spiro atoms. The molecular formula is C35H37N7O5. The molecule has 47 heavy (non-hydrogen) atoms. The SMILES string of the molecule is CC1=C(OC(=O)OCCN2CCC(c3ccccc3)(c3ccccc3)CC2)C(c2ccccc2[N+](=O)[O-])C(c2nnn(C)n2)=C(C)N1. The minimum atomic E-state index is -0.893. The predicted molar refractivity (Wildman–Crippen MR) is 175 cm³/mol. The zero-order valence-corrected chi connectivity index (χ0v) is 26.6. The van der Waals surface area contributed by atoms with E-state index in [0.29, 0.717) is 29.1 Å². The number of carbonyl (C=O) groups is 1. The summed E-state index contributed by atoms with van der Waals surface area (Å²) in [6, 6.07) is 27.6. The quantitative estimate of drug-likeness (QED) is 0.138. The van der Waals surface area contributed by atoms with Gasteiger partial charge in [-0.1, -0.05) is 78.9 Å². The largest absolute Gasteiger partial charge is 0.513 e. The lowest BCUT2D eigenvalue weighted by Crippen LogP contribution is -2.44. The summed E-state index contributed by atoms with van der Waals surface area (Å²) in [5, 5.41) is 27.7. The van der Waals surface area contributed by atoms with E-state index < -0.39 is 17.0 Å². The second-order valence-electron chi connectivity index (χ2n) is 11.9. The average Bonchev–Trinajstić information content (AvgIpc) is 3.52. The molecule has 1 fully saturated rings. The van der Waals surface area contributed by atoms with Crippen LogP contribution in [-0.2, 0) is 21.9 Å². The maximum Gasteiger partial charge on any atom is 0.513 e. The van der Waals surface area contributed by atoms with Crippen molar-refractivity contribution >= 4 is 17.4 Å². The van der Waals surface area contributed by atoms with E-state index >= 15 is 0 Å². The van der Waals surface area contributed by atoms with Crippen molar-refractivity contribution < 1.29 is 19.2 Å². The number of nitro benzene ring substituents is 1. The Morgan fingerprint density at radius 3 is 2.17 bits per heavy atom. The normalized spacial score (nSPS) is 18.1. The number of hydrogen-bond acceptors (Lipinski definition) is 10. The molecule has 3 heterocycles. The molecular weight excluding hydrogens is 598 g/mol. The van der Waals surface area contributed by atoms with Crippen molar-refractivity contribution in [2.24, 2.45) is 7.05 Å². The zero-order valence-electron chi connectivity index (χ0n) is 26.6. The fraction of sp³-hybridized carbons (Fsp3) is 0.314. The minimum Gasteiger partial charge on any atom is -0.433 e. The number of ether oxygens (including phenoxy) is 2. The summed E-state index contributed by atoms with van der Waals surface area (Å²) < 4.78 is 11.4. The summed E-state index contributed by atoms with van der Waals surface area (Å²) in [6.45, 7) is 5.92. The van der Waals surface area contributed by atoms with Crippen LogP contribution in [0.3, 0.4) is 0 Å². The first-order valence-electron chi connectivity index (χ1n) is 15.6. The number of dihydropyridines is 1. The van der Waals surface area contributed by atoms with Crippen LogP contribution in [0, 0.1) is 10.1 Å². The number of nitrogens with one attached hydrogen (secondary N) is 1. The van der Waals surface area contributed by atoms with Gasteiger partial charge in [0.2, 0.25) is 5.82 Å². The highest BCUT2D eigenvalue weighted by Crippen LogP contribution is 2.45. The van der Waals surface area contributed by atoms with Crippen molar-refractivity contribution in [1.29, 1.82) is 0 Å². The van der Waals surface area contributed by atoms with Crippen LogP contribution in [-0.4, -0.2) is 62.4 Å². The Balaban J connectivity index is 1.15. The number of para-hydroxylation sites is 1. The van der Waals surface area contributed by atoms with Crippen LogP contribution < -0.4 is 5.32 Å². The Labute approximate surface area is 272 Å². The van der Waals surface area contributed by atoms with Gasteiger partial charge in [0.05, 0.1) is 23.6 Å². The highest BCUT2D eigenvalue weighted by atomic mass is 16.7. The third-order valence-electron chi connectivity index (χ3n) is 9.08. The monoisotopic (exact) mass is 635 g/mol. The molecule has 12 heteroatoms. The maximum absolute atomic E-state index is 13.2. The molecule has 1 saturated heterocycles. The van der Waals surface area contributed by atoms with E-state index in [9.17, 15) is 14.9 Å². The number of tetrazole rings is 1. The summed E-state index contributed by atoms with van der Waals surface area (Å²) in [5.41, 5.74) is 4.44. The second kappa shape index (κ2) is 13.6. The van der Waals surface area contributed by atoms with Gasteiger partial charge in [-0.05, 0) is 56.1 Å². The molecule has 1 unspecified atom stereocenters. The van der Waals surface area contributed by atoms with Crippen LogP contribution in [0.4, 0.5) is 10.5 Å². The third-order valence-corrected chi connectivity index (χ3v) is 9.08. The van der Waals surface area contributed by atoms with E-state index in [2.05, 4.69) is 74.2 Å². The van der Waals surface area contributed by atoms with Crippen molar-refractivity contribution in [3.8, 4) is 0 Å². The molecule has 3 aromatic carbocycles. The Morgan fingerprint density at radius 1 is 0.957 bits per heavy atom. The Morgan fingerprint density at radius 2 is 1.57 bits per heavy atom. The zero-order chi connectivity index (χ0) is 33.0. The summed E-state index contributed by atoms with van der Waals surface area (Å²) in [4.78, 5) is 28.4. The molecule has 0 amide bonds. The molecule has 0 saturated carbocycles. The van der Waals surface area contributed by atoms with E-state index in [1.807, 2.05) is 19.1 Å². The molecule has 2 aliphatic heterocycles. The molecule has 1 atom stereocenters. The number of likely N-dealkylation sites (tertiary alicyclic amines) is 1. The van der Waals surface area contributed by atoms with Crippen LogP contribution in [0.2, 0.25) is 0 Å². The van der Waals surface area contributed by atoms with Gasteiger partial charge >= 0.3 is 6.16 Å². The van der Waals surface area contributed by atoms with Crippen molar-refractivity contribution in [3.63, 3.8) is 0 Å². The standard InChI is InChI=1S/C35H37N7O5/c1-24-30(33-37-39-40(3)38-33)31(28-16-10-11-17-29(28)42(44)45)32(25(2)36-24)47-34(43)46-23-22-41-20-18-35(19-21-41,26-12-6-4-7-13-26)27-14-8-5-9-15-27/h4-17,31,36H,18-23H2,1-3H3. The lowest BCUT2D eigenvalue weighted by molar-refractivity contribution is -0.385.